The summed E-state index contributed by atoms with van der Waals surface area (Å²) in [5.41, 5.74) is 2.96. The van der Waals surface area contributed by atoms with Crippen LogP contribution in [-0.4, -0.2) is 58.6 Å². The average Bonchev–Trinajstić information content (AvgIpc) is 2.99. The number of hydrogen-bond acceptors (Lipinski definition) is 6. The predicted octanol–water partition coefficient (Wildman–Crippen LogP) is 2.42. The minimum absolute atomic E-state index is 0.0433. The van der Waals surface area contributed by atoms with E-state index in [2.05, 4.69) is 4.57 Å². The van der Waals surface area contributed by atoms with Gasteiger partial charge in [0.15, 0.2) is 0 Å². The smallest absolute Gasteiger partial charge is 0.305 e. The van der Waals surface area contributed by atoms with Crippen molar-refractivity contribution in [3.05, 3.63) is 24.0 Å². The highest BCUT2D eigenvalue weighted by atomic mass is 16.5. The summed E-state index contributed by atoms with van der Waals surface area (Å²) in [6.07, 6.45) is 5.39. The van der Waals surface area contributed by atoms with Gasteiger partial charge in [0.25, 0.3) is 0 Å². The molecule has 0 unspecified atom stereocenters. The molecular formula is C21H33N3O4. The number of carbonyl (C=O) groups excluding carboxylic acids is 1. The van der Waals surface area contributed by atoms with E-state index in [0.717, 1.165) is 54.6 Å². The molecule has 1 aromatic carbocycles. The third-order valence-corrected chi connectivity index (χ3v) is 4.90. The molecule has 0 saturated heterocycles. The summed E-state index contributed by atoms with van der Waals surface area (Å²) in [5, 5.41) is 18.5. The van der Waals surface area contributed by atoms with E-state index < -0.39 is 0 Å². The number of aliphatic hydroxyl groups excluding tert-OH is 2. The molecule has 28 heavy (non-hydrogen) atoms. The van der Waals surface area contributed by atoms with E-state index in [1.807, 2.05) is 37.1 Å². The summed E-state index contributed by atoms with van der Waals surface area (Å²) in [5.74, 6) is 0.943. The second kappa shape index (κ2) is 11.7. The molecule has 1 heterocycles. The molecule has 156 valence electrons. The lowest BCUT2D eigenvalue weighted by Gasteiger charge is -2.22. The Labute approximate surface area is 166 Å². The van der Waals surface area contributed by atoms with Crippen molar-refractivity contribution < 1.29 is 19.7 Å². The van der Waals surface area contributed by atoms with E-state index in [1.165, 1.54) is 0 Å². The van der Waals surface area contributed by atoms with Gasteiger partial charge in [-0.3, -0.25) is 4.79 Å². The lowest BCUT2D eigenvalue weighted by molar-refractivity contribution is -0.143. The second-order valence-corrected chi connectivity index (χ2v) is 6.91. The summed E-state index contributed by atoms with van der Waals surface area (Å²) < 4.78 is 7.07. The van der Waals surface area contributed by atoms with Crippen LogP contribution in [0.1, 0.15) is 44.9 Å². The Kier molecular flexibility index (Phi) is 9.23. The Morgan fingerprint density at radius 3 is 2.54 bits per heavy atom. The molecule has 0 radical (unpaired) electrons. The molecule has 0 amide bonds. The van der Waals surface area contributed by atoms with Crippen molar-refractivity contribution in [1.82, 2.24) is 9.55 Å². The number of unbranched alkanes of at least 4 members (excludes halogenated alkanes) is 3. The fraction of sp³-hybridized carbons (Fsp3) is 0.619. The van der Waals surface area contributed by atoms with Gasteiger partial charge in [0.1, 0.15) is 5.82 Å². The van der Waals surface area contributed by atoms with Gasteiger partial charge < -0.3 is 24.4 Å². The van der Waals surface area contributed by atoms with Crippen LogP contribution in [0.15, 0.2) is 18.2 Å². The average molecular weight is 392 g/mol. The number of rotatable bonds is 13. The molecule has 7 heteroatoms. The fourth-order valence-electron chi connectivity index (χ4n) is 3.41. The highest BCUT2D eigenvalue weighted by Gasteiger charge is 2.11. The summed E-state index contributed by atoms with van der Waals surface area (Å²) >= 11 is 0. The number of aliphatic hydroxyl groups is 2. The minimum atomic E-state index is -0.106. The molecule has 0 atom stereocenters. The Hall–Kier alpha value is -2.12. The van der Waals surface area contributed by atoms with Gasteiger partial charge in [-0.25, -0.2) is 4.98 Å². The molecule has 0 bridgehead atoms. The van der Waals surface area contributed by atoms with Crippen molar-refractivity contribution in [1.29, 1.82) is 0 Å². The number of nitrogens with zero attached hydrogens (tertiary/aromatic N) is 3. The van der Waals surface area contributed by atoms with Crippen molar-refractivity contribution in [3.8, 4) is 0 Å². The van der Waals surface area contributed by atoms with Crippen molar-refractivity contribution in [3.63, 3.8) is 0 Å². The van der Waals surface area contributed by atoms with Crippen LogP contribution in [0.5, 0.6) is 0 Å². The first-order chi connectivity index (χ1) is 13.6. The van der Waals surface area contributed by atoms with Crippen molar-refractivity contribution in [2.75, 3.05) is 37.8 Å². The van der Waals surface area contributed by atoms with E-state index >= 15 is 0 Å². The number of benzene rings is 1. The minimum Gasteiger partial charge on any atom is -0.466 e. The highest BCUT2D eigenvalue weighted by molar-refractivity contribution is 5.80. The summed E-state index contributed by atoms with van der Waals surface area (Å²) in [7, 11) is 2.03. The number of esters is 1. The summed E-state index contributed by atoms with van der Waals surface area (Å²) in [4.78, 5) is 18.1. The molecule has 1 aromatic heterocycles. The van der Waals surface area contributed by atoms with Gasteiger partial charge in [-0.1, -0.05) is 12.8 Å². The first-order valence-corrected chi connectivity index (χ1v) is 10.2. The topological polar surface area (TPSA) is 87.8 Å². The normalized spacial score (nSPS) is 11.1. The number of hydrogen-bond donors (Lipinski definition) is 2. The van der Waals surface area contributed by atoms with Crippen molar-refractivity contribution in [2.45, 2.75) is 45.4 Å². The molecular weight excluding hydrogens is 358 g/mol. The number of imidazole rings is 1. The highest BCUT2D eigenvalue weighted by Crippen LogP contribution is 2.23. The monoisotopic (exact) mass is 391 g/mol. The zero-order valence-corrected chi connectivity index (χ0v) is 17.1. The number of ether oxygens (including phenoxy) is 1. The summed E-state index contributed by atoms with van der Waals surface area (Å²) in [6.45, 7) is 3.33. The largest absolute Gasteiger partial charge is 0.466 e. The Morgan fingerprint density at radius 1 is 1.14 bits per heavy atom. The molecule has 0 spiro atoms. The standard InChI is InChI=1S/C21H33N3O4/c1-3-28-21(27)9-7-5-4-6-8-20-22-18-16-17(10-11-19(18)23(20)2)24(12-14-25)13-15-26/h10-11,16,25-26H,3-9,12-15H2,1-2H3. The van der Waals surface area contributed by atoms with Crippen molar-refractivity contribution >= 4 is 22.7 Å². The van der Waals surface area contributed by atoms with Crippen LogP contribution in [0.2, 0.25) is 0 Å². The third-order valence-electron chi connectivity index (χ3n) is 4.90. The number of fused-ring (bicyclic) bond motifs is 1. The van der Waals surface area contributed by atoms with E-state index in [1.54, 1.807) is 0 Å². The first kappa shape index (κ1) is 22.2. The van der Waals surface area contributed by atoms with E-state index in [9.17, 15) is 15.0 Å². The lowest BCUT2D eigenvalue weighted by atomic mass is 10.1. The van der Waals surface area contributed by atoms with Gasteiger partial charge in [0.05, 0.1) is 30.9 Å². The number of anilines is 1. The van der Waals surface area contributed by atoms with Crippen LogP contribution in [0, 0.1) is 0 Å². The van der Waals surface area contributed by atoms with Crippen LogP contribution in [0.3, 0.4) is 0 Å². The molecule has 2 N–H and O–H groups in total. The first-order valence-electron chi connectivity index (χ1n) is 10.2. The molecule has 0 saturated carbocycles. The van der Waals surface area contributed by atoms with Crippen LogP contribution in [-0.2, 0) is 23.0 Å². The van der Waals surface area contributed by atoms with Gasteiger partial charge in [-0.15, -0.1) is 0 Å². The zero-order chi connectivity index (χ0) is 20.4. The predicted molar refractivity (Wildman–Crippen MR) is 111 cm³/mol. The maximum absolute atomic E-state index is 11.3. The molecule has 0 aliphatic carbocycles. The van der Waals surface area contributed by atoms with E-state index in [4.69, 9.17) is 9.72 Å². The van der Waals surface area contributed by atoms with Crippen LogP contribution in [0.25, 0.3) is 11.0 Å². The molecule has 0 fully saturated rings. The summed E-state index contributed by atoms with van der Waals surface area (Å²) in [6, 6.07) is 6.07. The SMILES string of the molecule is CCOC(=O)CCCCCCc1nc2cc(N(CCO)CCO)ccc2n1C. The lowest BCUT2D eigenvalue weighted by Crippen LogP contribution is -2.29. The number of carbonyl (C=O) groups is 1. The quantitative estimate of drug-likeness (QED) is 0.403. The van der Waals surface area contributed by atoms with Gasteiger partial charge in [0, 0.05) is 38.7 Å². The second-order valence-electron chi connectivity index (χ2n) is 6.91. The van der Waals surface area contributed by atoms with Gasteiger partial charge >= 0.3 is 5.97 Å². The van der Waals surface area contributed by atoms with Crippen LogP contribution < -0.4 is 4.90 Å². The van der Waals surface area contributed by atoms with E-state index in [0.29, 0.717) is 26.1 Å². The van der Waals surface area contributed by atoms with E-state index in [-0.39, 0.29) is 19.2 Å². The Morgan fingerprint density at radius 2 is 1.86 bits per heavy atom. The molecule has 0 aliphatic heterocycles. The fourth-order valence-corrected chi connectivity index (χ4v) is 3.41. The van der Waals surface area contributed by atoms with Crippen LogP contribution >= 0.6 is 0 Å². The molecule has 2 rings (SSSR count). The van der Waals surface area contributed by atoms with Crippen LogP contribution in [0.4, 0.5) is 5.69 Å². The van der Waals surface area contributed by atoms with Gasteiger partial charge in [0.2, 0.25) is 0 Å². The maximum Gasteiger partial charge on any atom is 0.305 e. The van der Waals surface area contributed by atoms with Gasteiger partial charge in [-0.2, -0.15) is 0 Å². The molecule has 0 aliphatic rings. The maximum atomic E-state index is 11.3. The zero-order valence-electron chi connectivity index (χ0n) is 17.1. The Bertz CT molecular complexity index is 739. The number of aromatic nitrogens is 2. The van der Waals surface area contributed by atoms with Gasteiger partial charge in [-0.05, 0) is 38.0 Å². The number of aryl methyl sites for hydroxylation is 2. The Balaban J connectivity index is 1.91. The molecule has 2 aromatic rings. The molecule has 7 nitrogen and oxygen atoms in total. The van der Waals surface area contributed by atoms with Crippen molar-refractivity contribution in [2.24, 2.45) is 7.05 Å². The third kappa shape index (κ3) is 6.21.